The van der Waals surface area contributed by atoms with E-state index in [1.54, 1.807) is 0 Å². The van der Waals surface area contributed by atoms with Crippen molar-refractivity contribution in [3.63, 3.8) is 0 Å². The number of para-hydroxylation sites is 1. The molecule has 2 aliphatic rings. The first-order valence-corrected chi connectivity index (χ1v) is 11.5. The van der Waals surface area contributed by atoms with Gasteiger partial charge in [0.2, 0.25) is 5.91 Å². The van der Waals surface area contributed by atoms with Gasteiger partial charge < -0.3 is 10.1 Å². The van der Waals surface area contributed by atoms with Crippen molar-refractivity contribution < 1.29 is 9.53 Å². The third kappa shape index (κ3) is 5.58. The highest BCUT2D eigenvalue weighted by atomic mass is 32.2. The van der Waals surface area contributed by atoms with Crippen LogP contribution in [0.3, 0.4) is 0 Å². The molecule has 4 rings (SSSR count). The molecule has 7 nitrogen and oxygen atoms in total. The quantitative estimate of drug-likeness (QED) is 0.669. The van der Waals surface area contributed by atoms with E-state index in [0.29, 0.717) is 12.3 Å². The predicted octanol–water partition coefficient (Wildman–Crippen LogP) is 2.64. The Morgan fingerprint density at radius 2 is 1.97 bits per heavy atom. The highest BCUT2D eigenvalue weighted by Gasteiger charge is 2.20. The molecule has 1 aromatic heterocycles. The van der Waals surface area contributed by atoms with Crippen LogP contribution in [0.1, 0.15) is 37.9 Å². The third-order valence-electron chi connectivity index (χ3n) is 5.41. The summed E-state index contributed by atoms with van der Waals surface area (Å²) in [4.78, 5) is 14.7. The van der Waals surface area contributed by atoms with Crippen LogP contribution in [-0.4, -0.2) is 63.7 Å². The molecule has 1 amide bonds. The van der Waals surface area contributed by atoms with Crippen molar-refractivity contribution in [3.8, 4) is 5.69 Å². The number of amides is 1. The number of aromatic nitrogens is 3. The number of piperidine rings is 1. The standard InChI is InChI=1S/C21H29N5O2S/c27-20(22-14-18-10-7-13-28-18)16-29-21-24-23-19(15-25-11-5-2-6-12-25)26(21)17-8-3-1-4-9-17/h1,3-4,8-9,18H,2,5-7,10-16H2,(H,22,27)/t18-/m1/s1. The van der Waals surface area contributed by atoms with E-state index in [-0.39, 0.29) is 12.0 Å². The van der Waals surface area contributed by atoms with Crippen LogP contribution >= 0.6 is 11.8 Å². The summed E-state index contributed by atoms with van der Waals surface area (Å²) in [5, 5.41) is 12.6. The molecule has 0 spiro atoms. The predicted molar refractivity (Wildman–Crippen MR) is 113 cm³/mol. The van der Waals surface area contributed by atoms with Gasteiger partial charge in [-0.05, 0) is 50.9 Å². The van der Waals surface area contributed by atoms with Crippen LogP contribution in [0.25, 0.3) is 5.69 Å². The van der Waals surface area contributed by atoms with Crippen LogP contribution in [0.4, 0.5) is 0 Å². The van der Waals surface area contributed by atoms with E-state index in [0.717, 1.165) is 55.8 Å². The van der Waals surface area contributed by atoms with Crippen LogP contribution in [0.15, 0.2) is 35.5 Å². The average Bonchev–Trinajstić information content (AvgIpc) is 3.42. The summed E-state index contributed by atoms with van der Waals surface area (Å²) in [6, 6.07) is 10.2. The largest absolute Gasteiger partial charge is 0.376 e. The van der Waals surface area contributed by atoms with Gasteiger partial charge in [-0.3, -0.25) is 14.3 Å². The number of likely N-dealkylation sites (tertiary alicyclic amines) is 1. The summed E-state index contributed by atoms with van der Waals surface area (Å²) in [6.07, 6.45) is 6.06. The molecule has 8 heteroatoms. The maximum absolute atomic E-state index is 12.3. The Bertz CT molecular complexity index is 786. The molecule has 0 bridgehead atoms. The fraction of sp³-hybridized carbons (Fsp3) is 0.571. The fourth-order valence-electron chi connectivity index (χ4n) is 3.86. The normalized spacial score (nSPS) is 20.1. The van der Waals surface area contributed by atoms with Crippen molar-refractivity contribution in [2.75, 3.05) is 32.0 Å². The number of hydrogen-bond donors (Lipinski definition) is 1. The van der Waals surface area contributed by atoms with Crippen molar-refractivity contribution in [1.29, 1.82) is 0 Å². The summed E-state index contributed by atoms with van der Waals surface area (Å²) < 4.78 is 7.66. The van der Waals surface area contributed by atoms with E-state index in [2.05, 4.69) is 37.1 Å². The summed E-state index contributed by atoms with van der Waals surface area (Å²) in [7, 11) is 0. The Labute approximate surface area is 176 Å². The Kier molecular flexibility index (Phi) is 7.18. The second-order valence-corrected chi connectivity index (χ2v) is 8.58. The van der Waals surface area contributed by atoms with Gasteiger partial charge in [-0.1, -0.05) is 36.4 Å². The summed E-state index contributed by atoms with van der Waals surface area (Å²) >= 11 is 1.43. The van der Waals surface area contributed by atoms with Gasteiger partial charge in [-0.2, -0.15) is 0 Å². The zero-order valence-corrected chi connectivity index (χ0v) is 17.6. The van der Waals surface area contributed by atoms with E-state index < -0.39 is 0 Å². The zero-order chi connectivity index (χ0) is 19.9. The number of carbonyl (C=O) groups is 1. The molecule has 2 aromatic rings. The molecule has 29 heavy (non-hydrogen) atoms. The molecule has 1 N–H and O–H groups in total. The van der Waals surface area contributed by atoms with E-state index >= 15 is 0 Å². The average molecular weight is 416 g/mol. The highest BCUT2D eigenvalue weighted by molar-refractivity contribution is 7.99. The zero-order valence-electron chi connectivity index (χ0n) is 16.8. The van der Waals surface area contributed by atoms with Crippen molar-refractivity contribution in [2.45, 2.75) is 49.9 Å². The number of nitrogens with one attached hydrogen (secondary N) is 1. The van der Waals surface area contributed by atoms with Gasteiger partial charge >= 0.3 is 0 Å². The Morgan fingerprint density at radius 3 is 2.72 bits per heavy atom. The van der Waals surface area contributed by atoms with Gasteiger partial charge in [0.25, 0.3) is 0 Å². The minimum atomic E-state index is 0.00527. The van der Waals surface area contributed by atoms with Crippen LogP contribution in [-0.2, 0) is 16.1 Å². The summed E-state index contributed by atoms with van der Waals surface area (Å²) in [5.74, 6) is 1.26. The molecule has 1 aromatic carbocycles. The first kappa shape index (κ1) is 20.4. The smallest absolute Gasteiger partial charge is 0.230 e. The van der Waals surface area contributed by atoms with Crippen molar-refractivity contribution >= 4 is 17.7 Å². The lowest BCUT2D eigenvalue weighted by atomic mass is 10.1. The number of rotatable bonds is 8. The first-order valence-electron chi connectivity index (χ1n) is 10.5. The van der Waals surface area contributed by atoms with E-state index in [4.69, 9.17) is 4.74 Å². The molecule has 0 aliphatic carbocycles. The van der Waals surface area contributed by atoms with Crippen LogP contribution in [0.2, 0.25) is 0 Å². The van der Waals surface area contributed by atoms with Gasteiger partial charge in [0.05, 0.1) is 18.4 Å². The second-order valence-electron chi connectivity index (χ2n) is 7.63. The fourth-order valence-corrected chi connectivity index (χ4v) is 4.66. The number of nitrogens with zero attached hydrogens (tertiary/aromatic N) is 4. The van der Waals surface area contributed by atoms with E-state index in [1.807, 2.05) is 18.2 Å². The third-order valence-corrected chi connectivity index (χ3v) is 6.34. The van der Waals surface area contributed by atoms with Crippen molar-refractivity contribution in [3.05, 3.63) is 36.2 Å². The van der Waals surface area contributed by atoms with Crippen molar-refractivity contribution in [1.82, 2.24) is 25.0 Å². The Morgan fingerprint density at radius 1 is 1.14 bits per heavy atom. The van der Waals surface area contributed by atoms with Crippen LogP contribution < -0.4 is 5.32 Å². The summed E-state index contributed by atoms with van der Waals surface area (Å²) in [5.41, 5.74) is 1.03. The SMILES string of the molecule is O=C(CSc1nnc(CN2CCCCC2)n1-c1ccccc1)NC[C@H]1CCCO1. The van der Waals surface area contributed by atoms with E-state index in [1.165, 1.54) is 31.0 Å². The van der Waals surface area contributed by atoms with Crippen LogP contribution in [0, 0.1) is 0 Å². The Balaban J connectivity index is 1.42. The molecular weight excluding hydrogens is 386 g/mol. The molecule has 2 aliphatic heterocycles. The topological polar surface area (TPSA) is 72.3 Å². The monoisotopic (exact) mass is 415 g/mol. The summed E-state index contributed by atoms with van der Waals surface area (Å²) in [6.45, 7) is 4.39. The van der Waals surface area contributed by atoms with Gasteiger partial charge in [-0.25, -0.2) is 0 Å². The second kappa shape index (κ2) is 10.2. The molecule has 0 saturated carbocycles. The number of thioether (sulfide) groups is 1. The molecule has 2 saturated heterocycles. The molecule has 1 atom stereocenters. The van der Waals surface area contributed by atoms with Gasteiger partial charge in [-0.15, -0.1) is 10.2 Å². The molecule has 2 fully saturated rings. The lowest BCUT2D eigenvalue weighted by Gasteiger charge is -2.26. The van der Waals surface area contributed by atoms with Crippen LogP contribution in [0.5, 0.6) is 0 Å². The minimum Gasteiger partial charge on any atom is -0.376 e. The number of benzene rings is 1. The molecule has 0 radical (unpaired) electrons. The Hall–Kier alpha value is -1.90. The minimum absolute atomic E-state index is 0.00527. The van der Waals surface area contributed by atoms with Gasteiger partial charge in [0.1, 0.15) is 0 Å². The number of hydrogen-bond acceptors (Lipinski definition) is 6. The van der Waals surface area contributed by atoms with Gasteiger partial charge in [0, 0.05) is 18.8 Å². The molecular formula is C21H29N5O2S. The number of ether oxygens (including phenoxy) is 1. The molecule has 0 unspecified atom stereocenters. The first-order chi connectivity index (χ1) is 14.3. The maximum Gasteiger partial charge on any atom is 0.230 e. The molecule has 3 heterocycles. The lowest BCUT2D eigenvalue weighted by molar-refractivity contribution is -0.119. The maximum atomic E-state index is 12.3. The highest BCUT2D eigenvalue weighted by Crippen LogP contribution is 2.23. The number of carbonyl (C=O) groups excluding carboxylic acids is 1. The lowest BCUT2D eigenvalue weighted by Crippen LogP contribution is -2.33. The molecule has 156 valence electrons. The van der Waals surface area contributed by atoms with E-state index in [9.17, 15) is 4.79 Å². The van der Waals surface area contributed by atoms with Gasteiger partial charge in [0.15, 0.2) is 11.0 Å². The van der Waals surface area contributed by atoms with Crippen molar-refractivity contribution in [2.24, 2.45) is 0 Å².